The van der Waals surface area contributed by atoms with Crippen LogP contribution in [0.3, 0.4) is 0 Å². The number of rotatable bonds is 51. The second-order valence-corrected chi connectivity index (χ2v) is 19.5. The van der Waals surface area contributed by atoms with Gasteiger partial charge in [0.15, 0.2) is 6.10 Å². The Labute approximate surface area is 411 Å². The van der Waals surface area contributed by atoms with E-state index in [1.807, 2.05) is 0 Å². The second kappa shape index (κ2) is 52.8. The fourth-order valence-corrected chi connectivity index (χ4v) is 8.35. The van der Waals surface area contributed by atoms with Crippen molar-refractivity contribution in [2.24, 2.45) is 5.73 Å². The van der Waals surface area contributed by atoms with Gasteiger partial charge in [-0.3, -0.25) is 18.6 Å². The van der Waals surface area contributed by atoms with Gasteiger partial charge in [-0.1, -0.05) is 241 Å². The molecule has 10 heteroatoms. The summed E-state index contributed by atoms with van der Waals surface area (Å²) >= 11 is 0. The number of esters is 2. The van der Waals surface area contributed by atoms with Crippen LogP contribution in [0.2, 0.25) is 0 Å². The van der Waals surface area contributed by atoms with E-state index in [0.29, 0.717) is 6.42 Å². The Morgan fingerprint density at radius 3 is 1.22 bits per heavy atom. The average molecular weight is 960 g/mol. The minimum absolute atomic E-state index is 0.0486. The van der Waals surface area contributed by atoms with E-state index in [0.717, 1.165) is 96.3 Å². The fourth-order valence-electron chi connectivity index (χ4n) is 7.58. The SMILES string of the molecule is CC/C=C\C/C=C\C/C=C\C/C=C\C/C=C\C/C=C\CCCCCCCCC(=O)OC(COC(=O)CCCCCCCCCCCCCCCCCCCCCCC)COP(=O)(O)OCCN. The summed E-state index contributed by atoms with van der Waals surface area (Å²) in [6.07, 6.45) is 66.6. The summed E-state index contributed by atoms with van der Waals surface area (Å²) in [5.41, 5.74) is 5.37. The summed E-state index contributed by atoms with van der Waals surface area (Å²) in [7, 11) is -4.39. The van der Waals surface area contributed by atoms with Gasteiger partial charge < -0.3 is 20.1 Å². The molecule has 0 heterocycles. The molecule has 3 N–H and O–H groups in total. The smallest absolute Gasteiger partial charge is 0.462 e. The molecule has 0 radical (unpaired) electrons. The van der Waals surface area contributed by atoms with Gasteiger partial charge in [-0.2, -0.15) is 0 Å². The molecule has 0 aliphatic heterocycles. The lowest BCUT2D eigenvalue weighted by Gasteiger charge is -2.19. The van der Waals surface area contributed by atoms with Crippen molar-refractivity contribution in [2.75, 3.05) is 26.4 Å². The number of ether oxygens (including phenoxy) is 2. The molecule has 67 heavy (non-hydrogen) atoms. The van der Waals surface area contributed by atoms with Crippen molar-refractivity contribution in [3.8, 4) is 0 Å². The van der Waals surface area contributed by atoms with Crippen LogP contribution in [0.15, 0.2) is 72.9 Å². The molecule has 388 valence electrons. The van der Waals surface area contributed by atoms with E-state index in [1.165, 1.54) is 116 Å². The highest BCUT2D eigenvalue weighted by atomic mass is 31.2. The van der Waals surface area contributed by atoms with E-state index >= 15 is 0 Å². The maximum atomic E-state index is 12.7. The van der Waals surface area contributed by atoms with Gasteiger partial charge in [0.25, 0.3) is 0 Å². The second-order valence-electron chi connectivity index (χ2n) is 18.1. The van der Waals surface area contributed by atoms with Crippen LogP contribution in [0, 0.1) is 0 Å². The lowest BCUT2D eigenvalue weighted by Crippen LogP contribution is -2.29. The Morgan fingerprint density at radius 2 is 0.821 bits per heavy atom. The lowest BCUT2D eigenvalue weighted by atomic mass is 10.0. The summed E-state index contributed by atoms with van der Waals surface area (Å²) in [5.74, 6) is -0.839. The molecule has 0 aliphatic carbocycles. The number of carbonyl (C=O) groups is 2. The van der Waals surface area contributed by atoms with Crippen molar-refractivity contribution in [1.29, 1.82) is 0 Å². The topological polar surface area (TPSA) is 134 Å². The number of hydrogen-bond acceptors (Lipinski definition) is 8. The monoisotopic (exact) mass is 960 g/mol. The molecule has 0 aromatic heterocycles. The average Bonchev–Trinajstić information content (AvgIpc) is 3.32. The molecule has 0 aliphatic rings. The van der Waals surface area contributed by atoms with Crippen LogP contribution in [0.1, 0.15) is 245 Å². The molecule has 0 fully saturated rings. The highest BCUT2D eigenvalue weighted by molar-refractivity contribution is 7.47. The molecule has 0 bridgehead atoms. The van der Waals surface area contributed by atoms with E-state index in [2.05, 4.69) is 86.8 Å². The molecule has 0 saturated heterocycles. The van der Waals surface area contributed by atoms with Gasteiger partial charge in [-0.15, -0.1) is 0 Å². The third-order valence-corrected chi connectivity index (χ3v) is 12.6. The van der Waals surface area contributed by atoms with Gasteiger partial charge in [-0.05, 0) is 64.2 Å². The number of unbranched alkanes of at least 4 members (excludes halogenated alkanes) is 26. The first-order valence-corrected chi connectivity index (χ1v) is 28.9. The largest absolute Gasteiger partial charge is 0.472 e. The zero-order chi connectivity index (χ0) is 48.8. The Morgan fingerprint density at radius 1 is 0.463 bits per heavy atom. The summed E-state index contributed by atoms with van der Waals surface area (Å²) in [5, 5.41) is 0. The zero-order valence-electron chi connectivity index (χ0n) is 43.1. The highest BCUT2D eigenvalue weighted by Gasteiger charge is 2.26. The summed E-state index contributed by atoms with van der Waals surface area (Å²) in [6, 6.07) is 0. The van der Waals surface area contributed by atoms with Crippen LogP contribution < -0.4 is 5.73 Å². The van der Waals surface area contributed by atoms with Crippen LogP contribution in [0.25, 0.3) is 0 Å². The zero-order valence-corrected chi connectivity index (χ0v) is 44.0. The van der Waals surface area contributed by atoms with Crippen LogP contribution in [0.5, 0.6) is 0 Å². The summed E-state index contributed by atoms with van der Waals surface area (Å²) in [6.45, 7) is 3.63. The first kappa shape index (κ1) is 64.5. The first-order chi connectivity index (χ1) is 32.8. The van der Waals surface area contributed by atoms with Gasteiger partial charge in [-0.25, -0.2) is 4.57 Å². The third-order valence-electron chi connectivity index (χ3n) is 11.6. The van der Waals surface area contributed by atoms with Crippen molar-refractivity contribution < 1.29 is 37.6 Å². The van der Waals surface area contributed by atoms with Gasteiger partial charge in [0, 0.05) is 19.4 Å². The lowest BCUT2D eigenvalue weighted by molar-refractivity contribution is -0.161. The van der Waals surface area contributed by atoms with E-state index in [-0.39, 0.29) is 38.6 Å². The van der Waals surface area contributed by atoms with Gasteiger partial charge >= 0.3 is 19.8 Å². The number of phosphoric ester groups is 1. The number of phosphoric acid groups is 1. The molecule has 0 amide bonds. The van der Waals surface area contributed by atoms with Gasteiger partial charge in [0.05, 0.1) is 13.2 Å². The number of allylic oxidation sites excluding steroid dienone is 12. The third kappa shape index (κ3) is 52.7. The van der Waals surface area contributed by atoms with Crippen LogP contribution in [0.4, 0.5) is 0 Å². The molecular formula is C57H102NO8P. The minimum Gasteiger partial charge on any atom is -0.462 e. The normalized spacial score (nSPS) is 13.7. The predicted molar refractivity (Wildman–Crippen MR) is 284 cm³/mol. The molecule has 0 aromatic carbocycles. The van der Waals surface area contributed by atoms with E-state index in [1.54, 1.807) is 0 Å². The maximum absolute atomic E-state index is 12.7. The Bertz CT molecular complexity index is 1320. The molecule has 2 unspecified atom stereocenters. The maximum Gasteiger partial charge on any atom is 0.472 e. The Hall–Kier alpha value is -2.55. The Kier molecular flexibility index (Phi) is 50.8. The fraction of sp³-hybridized carbons (Fsp3) is 0.754. The van der Waals surface area contributed by atoms with Crippen molar-refractivity contribution in [3.63, 3.8) is 0 Å². The molecule has 0 aromatic rings. The molecule has 0 spiro atoms. The molecule has 0 rings (SSSR count). The minimum atomic E-state index is -4.39. The van der Waals surface area contributed by atoms with Crippen LogP contribution in [-0.4, -0.2) is 49.3 Å². The quantitative estimate of drug-likeness (QED) is 0.0264. The van der Waals surface area contributed by atoms with Crippen LogP contribution in [-0.2, 0) is 32.7 Å². The molecule has 9 nitrogen and oxygen atoms in total. The van der Waals surface area contributed by atoms with Gasteiger partial charge in [0.1, 0.15) is 6.61 Å². The molecule has 2 atom stereocenters. The summed E-state index contributed by atoms with van der Waals surface area (Å²) < 4.78 is 33.0. The van der Waals surface area contributed by atoms with Crippen molar-refractivity contribution >= 4 is 19.8 Å². The predicted octanol–water partition coefficient (Wildman–Crippen LogP) is 17.0. The van der Waals surface area contributed by atoms with Gasteiger partial charge in [0.2, 0.25) is 0 Å². The summed E-state index contributed by atoms with van der Waals surface area (Å²) in [4.78, 5) is 35.1. The van der Waals surface area contributed by atoms with E-state index < -0.39 is 26.5 Å². The first-order valence-electron chi connectivity index (χ1n) is 27.4. The number of hydrogen-bond donors (Lipinski definition) is 2. The number of carbonyl (C=O) groups excluding carboxylic acids is 2. The highest BCUT2D eigenvalue weighted by Crippen LogP contribution is 2.43. The molecule has 0 saturated carbocycles. The van der Waals surface area contributed by atoms with Crippen molar-refractivity contribution in [1.82, 2.24) is 0 Å². The van der Waals surface area contributed by atoms with Crippen molar-refractivity contribution in [3.05, 3.63) is 72.9 Å². The van der Waals surface area contributed by atoms with Crippen molar-refractivity contribution in [2.45, 2.75) is 251 Å². The van der Waals surface area contributed by atoms with E-state index in [9.17, 15) is 19.0 Å². The van der Waals surface area contributed by atoms with Crippen LogP contribution >= 0.6 is 7.82 Å². The standard InChI is InChI=1S/C57H102NO8P/c1-3-5-7-9-11-13-15-17-19-21-23-25-26-27-28-30-32-34-36-38-40-42-44-46-48-50-57(60)66-55(54-65-67(61,62)64-52-51-58)53-63-56(59)49-47-45-43-41-39-37-35-33-31-29-24-22-20-18-16-14-12-10-8-6-4-2/h5,7,11,13,17,19,23,25,27-28,32,34,55H,3-4,6,8-10,12,14-16,18,20-22,24,26,29-31,33,35-54,58H2,1-2H3,(H,61,62)/b7-5-,13-11-,19-17-,25-23-,28-27-,34-32-. The number of nitrogens with two attached hydrogens (primary N) is 1. The molecular weight excluding hydrogens is 858 g/mol. The van der Waals surface area contributed by atoms with E-state index in [4.69, 9.17) is 24.3 Å². The Balaban J connectivity index is 4.05.